The van der Waals surface area contributed by atoms with Crippen molar-refractivity contribution < 1.29 is 28.6 Å². The zero-order valence-corrected chi connectivity index (χ0v) is 19.0. The van der Waals surface area contributed by atoms with Crippen LogP contribution in [0.5, 0.6) is 0 Å². The molecule has 0 aliphatic carbocycles. The van der Waals surface area contributed by atoms with E-state index in [-0.39, 0.29) is 55.9 Å². The quantitative estimate of drug-likeness (QED) is 0.571. The van der Waals surface area contributed by atoms with Gasteiger partial charge in [0.05, 0.1) is 19.1 Å². The number of methoxy groups -OCH3 is 1. The minimum absolute atomic E-state index is 0.0693. The highest BCUT2D eigenvalue weighted by molar-refractivity contribution is 5.85. The summed E-state index contributed by atoms with van der Waals surface area (Å²) in [5.41, 5.74) is 0.926. The smallest absolute Gasteiger partial charge is 0.329 e. The minimum atomic E-state index is -0.785. The second-order valence-corrected chi connectivity index (χ2v) is 8.00. The zero-order valence-electron chi connectivity index (χ0n) is 19.0. The van der Waals surface area contributed by atoms with Gasteiger partial charge in [-0.1, -0.05) is 68.5 Å². The Morgan fingerprint density at radius 3 is 2.41 bits per heavy atom. The number of esters is 2. The molecular weight excluding hydrogens is 410 g/mol. The van der Waals surface area contributed by atoms with Crippen molar-refractivity contribution in [1.82, 2.24) is 5.32 Å². The Morgan fingerprint density at radius 2 is 1.69 bits per heavy atom. The van der Waals surface area contributed by atoms with Crippen LogP contribution < -0.4 is 5.32 Å². The summed E-state index contributed by atoms with van der Waals surface area (Å²) in [7, 11) is 1.56. The normalized spacial score (nSPS) is 28.4. The summed E-state index contributed by atoms with van der Waals surface area (Å²) >= 11 is 0. The molecule has 1 heterocycles. The van der Waals surface area contributed by atoms with Crippen LogP contribution in [0, 0.1) is 11.8 Å². The van der Waals surface area contributed by atoms with Crippen molar-refractivity contribution >= 4 is 17.8 Å². The van der Waals surface area contributed by atoms with Crippen molar-refractivity contribution in [2.75, 3.05) is 20.3 Å². The Bertz CT molecular complexity index is 804. The molecule has 1 aliphatic heterocycles. The number of ether oxygens (including phenoxy) is 3. The summed E-state index contributed by atoms with van der Waals surface area (Å²) in [4.78, 5) is 37.2. The topological polar surface area (TPSA) is 90.9 Å². The number of carbonyl (C=O) groups excluding carboxylic acids is 3. The summed E-state index contributed by atoms with van der Waals surface area (Å²) in [5.74, 6) is -1.28. The number of rotatable bonds is 3. The van der Waals surface area contributed by atoms with Gasteiger partial charge in [-0.25, -0.2) is 4.79 Å². The van der Waals surface area contributed by atoms with Gasteiger partial charge >= 0.3 is 11.9 Å². The summed E-state index contributed by atoms with van der Waals surface area (Å²) in [6, 6.07) is 8.69. The van der Waals surface area contributed by atoms with E-state index in [9.17, 15) is 14.4 Å². The fraction of sp³-hybridized carbons (Fsp3) is 0.480. The van der Waals surface area contributed by atoms with Crippen LogP contribution in [0.3, 0.4) is 0 Å². The molecule has 1 aromatic rings. The Labute approximate surface area is 189 Å². The van der Waals surface area contributed by atoms with E-state index in [1.165, 1.54) is 0 Å². The number of hydrogen-bond acceptors (Lipinski definition) is 6. The molecule has 7 nitrogen and oxygen atoms in total. The second-order valence-electron chi connectivity index (χ2n) is 8.00. The first-order valence-electron chi connectivity index (χ1n) is 10.9. The lowest BCUT2D eigenvalue weighted by atomic mass is 10.0. The van der Waals surface area contributed by atoms with Crippen molar-refractivity contribution in [3.05, 3.63) is 60.2 Å². The molecule has 1 N–H and O–H groups in total. The molecule has 0 bridgehead atoms. The van der Waals surface area contributed by atoms with Crippen LogP contribution in [0.15, 0.2) is 54.6 Å². The van der Waals surface area contributed by atoms with Crippen molar-refractivity contribution in [2.24, 2.45) is 11.8 Å². The minimum Gasteiger partial charge on any atom is -0.464 e. The number of hydrogen-bond donors (Lipinski definition) is 1. The number of amides is 1. The molecule has 0 saturated carbocycles. The standard InChI is InChI=1S/C25H33NO6/c1-18-9-7-14-24(28)31-17-22(30-3)19(2)10-8-13-23(27)26-21(25(29)32-16-18)15-20-11-5-4-6-12-20/h4-12,18-19,21-22H,13-17H2,1-3H3,(H,26,27)/b9-7+,10-8+/t18-,19+,21-,22+/m0/s1. The fourth-order valence-corrected chi connectivity index (χ4v) is 3.24. The predicted octanol–water partition coefficient (Wildman–Crippen LogP) is 2.99. The van der Waals surface area contributed by atoms with Crippen molar-refractivity contribution in [2.45, 2.75) is 45.3 Å². The fourth-order valence-electron chi connectivity index (χ4n) is 3.24. The molecule has 1 aromatic carbocycles. The van der Waals surface area contributed by atoms with Gasteiger partial charge in [-0.05, 0) is 5.56 Å². The largest absolute Gasteiger partial charge is 0.464 e. The molecule has 0 fully saturated rings. The molecular formula is C25H33NO6. The zero-order chi connectivity index (χ0) is 23.3. The van der Waals surface area contributed by atoms with Gasteiger partial charge in [0.1, 0.15) is 12.6 Å². The van der Waals surface area contributed by atoms with Crippen LogP contribution in [-0.2, 0) is 35.0 Å². The molecule has 0 saturated heterocycles. The Hall–Kier alpha value is -2.93. The van der Waals surface area contributed by atoms with E-state index in [1.807, 2.05) is 56.3 Å². The Kier molecular flexibility index (Phi) is 10.7. The maximum Gasteiger partial charge on any atom is 0.329 e. The highest BCUT2D eigenvalue weighted by atomic mass is 16.6. The monoisotopic (exact) mass is 443 g/mol. The lowest BCUT2D eigenvalue weighted by molar-refractivity contribution is -0.149. The molecule has 0 aromatic heterocycles. The third-order valence-corrected chi connectivity index (χ3v) is 5.18. The van der Waals surface area contributed by atoms with Gasteiger partial charge in [-0.3, -0.25) is 9.59 Å². The summed E-state index contributed by atoms with van der Waals surface area (Å²) < 4.78 is 16.2. The van der Waals surface area contributed by atoms with E-state index in [1.54, 1.807) is 19.3 Å². The van der Waals surface area contributed by atoms with Crippen LogP contribution in [-0.4, -0.2) is 50.3 Å². The average Bonchev–Trinajstić information content (AvgIpc) is 2.77. The van der Waals surface area contributed by atoms with E-state index < -0.39 is 12.0 Å². The van der Waals surface area contributed by atoms with Gasteiger partial charge in [0.2, 0.25) is 5.91 Å². The van der Waals surface area contributed by atoms with E-state index >= 15 is 0 Å². The first-order valence-corrected chi connectivity index (χ1v) is 10.9. The van der Waals surface area contributed by atoms with E-state index in [2.05, 4.69) is 5.32 Å². The van der Waals surface area contributed by atoms with Crippen LogP contribution in [0.2, 0.25) is 0 Å². The van der Waals surface area contributed by atoms with Gasteiger partial charge in [-0.15, -0.1) is 0 Å². The van der Waals surface area contributed by atoms with Gasteiger partial charge in [-0.2, -0.15) is 0 Å². The van der Waals surface area contributed by atoms with Crippen LogP contribution >= 0.6 is 0 Å². The Morgan fingerprint density at radius 1 is 0.969 bits per heavy atom. The predicted molar refractivity (Wildman–Crippen MR) is 121 cm³/mol. The lowest BCUT2D eigenvalue weighted by Gasteiger charge is -2.20. The first-order chi connectivity index (χ1) is 15.4. The van der Waals surface area contributed by atoms with Gasteiger partial charge < -0.3 is 19.5 Å². The third kappa shape index (κ3) is 9.06. The third-order valence-electron chi connectivity index (χ3n) is 5.18. The molecule has 4 atom stereocenters. The summed E-state index contributed by atoms with van der Waals surface area (Å²) in [5, 5.41) is 2.80. The van der Waals surface area contributed by atoms with Gasteiger partial charge in [0.25, 0.3) is 0 Å². The number of carbonyl (C=O) groups is 3. The lowest BCUT2D eigenvalue weighted by Crippen LogP contribution is -2.43. The van der Waals surface area contributed by atoms with Crippen LogP contribution in [0.1, 0.15) is 32.3 Å². The summed E-state index contributed by atoms with van der Waals surface area (Å²) in [6.45, 7) is 4.08. The molecule has 0 spiro atoms. The molecule has 0 radical (unpaired) electrons. The molecule has 0 unspecified atom stereocenters. The average molecular weight is 444 g/mol. The molecule has 1 amide bonds. The SMILES string of the molecule is CO[C@@H]1COC(=O)C/C=C/[C@H](C)COC(=O)[C@H](Cc2ccccc2)NC(=O)C/C=C/[C@H]1C. The van der Waals surface area contributed by atoms with Crippen LogP contribution in [0.25, 0.3) is 0 Å². The first kappa shape index (κ1) is 25.3. The van der Waals surface area contributed by atoms with Crippen LogP contribution in [0.4, 0.5) is 0 Å². The number of nitrogens with one attached hydrogen (secondary N) is 1. The Balaban J connectivity index is 2.15. The summed E-state index contributed by atoms with van der Waals surface area (Å²) in [6.07, 6.45) is 7.35. The van der Waals surface area contributed by atoms with Crippen molar-refractivity contribution in [3.63, 3.8) is 0 Å². The van der Waals surface area contributed by atoms with Crippen molar-refractivity contribution in [3.8, 4) is 0 Å². The molecule has 1 aliphatic rings. The molecule has 32 heavy (non-hydrogen) atoms. The number of cyclic esters (lactones) is 2. The number of benzene rings is 1. The van der Waals surface area contributed by atoms with E-state index in [0.29, 0.717) is 6.42 Å². The maximum atomic E-state index is 12.7. The van der Waals surface area contributed by atoms with E-state index in [0.717, 1.165) is 5.56 Å². The highest BCUT2D eigenvalue weighted by Crippen LogP contribution is 2.12. The second kappa shape index (κ2) is 13.5. The molecule has 2 rings (SSSR count). The van der Waals surface area contributed by atoms with Crippen molar-refractivity contribution in [1.29, 1.82) is 0 Å². The molecule has 174 valence electrons. The van der Waals surface area contributed by atoms with Gasteiger partial charge in [0.15, 0.2) is 0 Å². The van der Waals surface area contributed by atoms with E-state index in [4.69, 9.17) is 14.2 Å². The van der Waals surface area contributed by atoms with Gasteiger partial charge in [0, 0.05) is 31.8 Å². The molecule has 7 heteroatoms. The highest BCUT2D eigenvalue weighted by Gasteiger charge is 2.23. The maximum absolute atomic E-state index is 12.7.